The number of amides is 1. The van der Waals surface area contributed by atoms with Crippen molar-refractivity contribution in [2.75, 3.05) is 13.2 Å². The Morgan fingerprint density at radius 2 is 2.30 bits per heavy atom. The second kappa shape index (κ2) is 6.46. The molecule has 2 aliphatic rings. The van der Waals surface area contributed by atoms with Gasteiger partial charge in [0.2, 0.25) is 0 Å². The van der Waals surface area contributed by atoms with Crippen LogP contribution in [0.25, 0.3) is 6.08 Å². The van der Waals surface area contributed by atoms with Crippen LogP contribution < -0.4 is 4.74 Å². The van der Waals surface area contributed by atoms with Crippen molar-refractivity contribution in [1.82, 2.24) is 4.90 Å². The number of aliphatic carboxylic acids is 1. The molecule has 3 rings (SSSR count). The summed E-state index contributed by atoms with van der Waals surface area (Å²) in [5.41, 5.74) is 1.74. The molecule has 2 aliphatic heterocycles. The van der Waals surface area contributed by atoms with Gasteiger partial charge in [-0.25, -0.2) is 0 Å². The molecule has 1 aromatic carbocycles. The molecule has 1 amide bonds. The van der Waals surface area contributed by atoms with Crippen LogP contribution in [0.1, 0.15) is 5.56 Å². The number of hydrogen-bond acceptors (Lipinski definition) is 5. The van der Waals surface area contributed by atoms with Crippen LogP contribution in [0.4, 0.5) is 0 Å². The largest absolute Gasteiger partial charge is 0.488 e. The number of benzene rings is 1. The molecule has 1 fully saturated rings. The maximum Gasteiger partial charge on any atom is 0.323 e. The predicted octanol–water partition coefficient (Wildman–Crippen LogP) is 3.05. The third-order valence-corrected chi connectivity index (χ3v) is 5.06. The van der Waals surface area contributed by atoms with Crippen molar-refractivity contribution in [3.05, 3.63) is 44.8 Å². The van der Waals surface area contributed by atoms with E-state index < -0.39 is 12.5 Å². The number of rotatable bonds is 3. The standard InChI is InChI=1S/C15H10BrNO4S2/c16-10-1-2-11-9(5-10)3-8(7-21-11)4-12-14(20)17(6-13(18)19)15(22)23-12/h1-5H,6-7H2,(H,18,19)/b12-4-. The van der Waals surface area contributed by atoms with Crippen LogP contribution in [0, 0.1) is 0 Å². The molecule has 2 heterocycles. The van der Waals surface area contributed by atoms with Crippen LogP contribution in [0.5, 0.6) is 5.75 Å². The van der Waals surface area contributed by atoms with Gasteiger partial charge in [0.05, 0.1) is 4.91 Å². The fourth-order valence-electron chi connectivity index (χ4n) is 2.19. The Balaban J connectivity index is 1.86. The Morgan fingerprint density at radius 1 is 1.52 bits per heavy atom. The van der Waals surface area contributed by atoms with Gasteiger partial charge in [-0.2, -0.15) is 0 Å². The van der Waals surface area contributed by atoms with Gasteiger partial charge in [-0.3, -0.25) is 14.5 Å². The molecule has 1 aromatic rings. The molecule has 0 aliphatic carbocycles. The van der Waals surface area contributed by atoms with E-state index in [0.717, 1.165) is 38.0 Å². The van der Waals surface area contributed by atoms with Crippen LogP contribution in [-0.2, 0) is 9.59 Å². The summed E-state index contributed by atoms with van der Waals surface area (Å²) < 4.78 is 6.85. The van der Waals surface area contributed by atoms with Crippen molar-refractivity contribution in [3.63, 3.8) is 0 Å². The number of hydrogen-bond donors (Lipinski definition) is 1. The maximum absolute atomic E-state index is 12.2. The average molecular weight is 412 g/mol. The molecular weight excluding hydrogens is 402 g/mol. The first kappa shape index (κ1) is 16.2. The van der Waals surface area contributed by atoms with Crippen molar-refractivity contribution in [2.45, 2.75) is 0 Å². The minimum absolute atomic E-state index is 0.254. The fraction of sp³-hybridized carbons (Fsp3) is 0.133. The highest BCUT2D eigenvalue weighted by atomic mass is 79.9. The van der Waals surface area contributed by atoms with Crippen molar-refractivity contribution in [3.8, 4) is 5.75 Å². The normalized spacial score (nSPS) is 18.7. The van der Waals surface area contributed by atoms with Gasteiger partial charge in [-0.1, -0.05) is 39.9 Å². The van der Waals surface area contributed by atoms with Gasteiger partial charge in [0.25, 0.3) is 5.91 Å². The minimum atomic E-state index is -1.10. The molecule has 8 heteroatoms. The molecule has 0 radical (unpaired) electrons. The first-order valence-corrected chi connectivity index (χ1v) is 8.56. The van der Waals surface area contributed by atoms with E-state index in [1.165, 1.54) is 0 Å². The number of thioether (sulfide) groups is 1. The Bertz CT molecular complexity index is 788. The molecule has 0 bridgehead atoms. The third kappa shape index (κ3) is 3.49. The number of halogens is 1. The lowest BCUT2D eigenvalue weighted by molar-refractivity contribution is -0.140. The predicted molar refractivity (Wildman–Crippen MR) is 95.2 cm³/mol. The molecule has 0 atom stereocenters. The molecule has 0 saturated carbocycles. The quantitative estimate of drug-likeness (QED) is 0.608. The van der Waals surface area contributed by atoms with Crippen LogP contribution >= 0.6 is 39.9 Å². The Hall–Kier alpha value is -1.64. The summed E-state index contributed by atoms with van der Waals surface area (Å²) in [6.45, 7) is -0.0784. The Morgan fingerprint density at radius 3 is 3.04 bits per heavy atom. The summed E-state index contributed by atoms with van der Waals surface area (Å²) in [6, 6.07) is 5.70. The minimum Gasteiger partial charge on any atom is -0.488 e. The van der Waals surface area contributed by atoms with Gasteiger partial charge in [0.15, 0.2) is 0 Å². The number of carbonyl (C=O) groups is 2. The van der Waals surface area contributed by atoms with Crippen molar-refractivity contribution in [1.29, 1.82) is 0 Å². The summed E-state index contributed by atoms with van der Waals surface area (Å²) in [5.74, 6) is -0.700. The SMILES string of the molecule is O=C(O)CN1C(=O)/C(=C/C2=Cc3cc(Br)ccc3OC2)SC1=S. The van der Waals surface area contributed by atoms with E-state index in [1.807, 2.05) is 24.3 Å². The number of ether oxygens (including phenoxy) is 1. The van der Waals surface area contributed by atoms with Gasteiger partial charge in [0.1, 0.15) is 23.2 Å². The van der Waals surface area contributed by atoms with Gasteiger partial charge in [0, 0.05) is 10.0 Å². The Kier molecular flexibility index (Phi) is 4.56. The molecule has 0 aromatic heterocycles. The van der Waals surface area contributed by atoms with E-state index in [1.54, 1.807) is 6.08 Å². The molecule has 0 unspecified atom stereocenters. The van der Waals surface area contributed by atoms with Gasteiger partial charge in [-0.15, -0.1) is 0 Å². The second-order valence-corrected chi connectivity index (χ2v) is 7.44. The fourth-order valence-corrected chi connectivity index (χ4v) is 3.84. The molecule has 0 spiro atoms. The second-order valence-electron chi connectivity index (χ2n) is 4.85. The molecule has 23 heavy (non-hydrogen) atoms. The summed E-state index contributed by atoms with van der Waals surface area (Å²) in [5, 5.41) is 8.83. The number of nitrogens with zero attached hydrogens (tertiary/aromatic N) is 1. The lowest BCUT2D eigenvalue weighted by atomic mass is 10.1. The van der Waals surface area contributed by atoms with Crippen molar-refractivity contribution in [2.24, 2.45) is 0 Å². The summed E-state index contributed by atoms with van der Waals surface area (Å²) in [4.78, 5) is 24.5. The number of fused-ring (bicyclic) bond motifs is 1. The highest BCUT2D eigenvalue weighted by molar-refractivity contribution is 9.10. The molecular formula is C15H10BrNO4S2. The first-order chi connectivity index (χ1) is 10.9. The van der Waals surface area contributed by atoms with E-state index in [-0.39, 0.29) is 10.2 Å². The Labute approximate surface area is 150 Å². The highest BCUT2D eigenvalue weighted by Gasteiger charge is 2.33. The van der Waals surface area contributed by atoms with E-state index >= 15 is 0 Å². The molecule has 5 nitrogen and oxygen atoms in total. The van der Waals surface area contributed by atoms with E-state index in [4.69, 9.17) is 22.1 Å². The maximum atomic E-state index is 12.2. The van der Waals surface area contributed by atoms with Crippen molar-refractivity contribution < 1.29 is 19.4 Å². The topological polar surface area (TPSA) is 66.8 Å². The van der Waals surface area contributed by atoms with Gasteiger partial charge in [-0.05, 0) is 35.9 Å². The van der Waals surface area contributed by atoms with Crippen LogP contribution in [0.15, 0.2) is 39.2 Å². The molecule has 1 saturated heterocycles. The van der Waals surface area contributed by atoms with Crippen LogP contribution in [-0.4, -0.2) is 39.4 Å². The van der Waals surface area contributed by atoms with Crippen molar-refractivity contribution >= 4 is 62.2 Å². The smallest absolute Gasteiger partial charge is 0.323 e. The third-order valence-electron chi connectivity index (χ3n) is 3.19. The van der Waals surface area contributed by atoms with E-state index in [9.17, 15) is 9.59 Å². The van der Waals surface area contributed by atoms with Crippen LogP contribution in [0.3, 0.4) is 0 Å². The lowest BCUT2D eigenvalue weighted by Crippen LogP contribution is -2.33. The number of thiocarbonyl (C=S) groups is 1. The number of carboxylic acids is 1. The average Bonchev–Trinajstić information content (AvgIpc) is 2.74. The number of carbonyl (C=O) groups excluding carboxylic acids is 1. The number of carboxylic acid groups (broad SMARTS) is 1. The first-order valence-electron chi connectivity index (χ1n) is 6.54. The zero-order chi connectivity index (χ0) is 16.6. The molecule has 1 N–H and O–H groups in total. The van der Waals surface area contributed by atoms with Gasteiger partial charge >= 0.3 is 5.97 Å². The zero-order valence-corrected chi connectivity index (χ0v) is 14.8. The zero-order valence-electron chi connectivity index (χ0n) is 11.6. The monoisotopic (exact) mass is 411 g/mol. The molecule has 118 valence electrons. The summed E-state index contributed by atoms with van der Waals surface area (Å²) >= 11 is 9.58. The summed E-state index contributed by atoms with van der Waals surface area (Å²) in [6.07, 6.45) is 3.64. The highest BCUT2D eigenvalue weighted by Crippen LogP contribution is 2.34. The van der Waals surface area contributed by atoms with E-state index in [2.05, 4.69) is 15.9 Å². The van der Waals surface area contributed by atoms with Crippen LogP contribution in [0.2, 0.25) is 0 Å². The van der Waals surface area contributed by atoms with Gasteiger partial charge < -0.3 is 9.84 Å². The lowest BCUT2D eigenvalue weighted by Gasteiger charge is -2.16. The summed E-state index contributed by atoms with van der Waals surface area (Å²) in [7, 11) is 0. The van der Waals surface area contributed by atoms with E-state index in [0.29, 0.717) is 11.5 Å².